The Morgan fingerprint density at radius 2 is 1.48 bits per heavy atom. The van der Waals surface area contributed by atoms with Crippen LogP contribution in [0.3, 0.4) is 0 Å². The van der Waals surface area contributed by atoms with Gasteiger partial charge in [-0.2, -0.15) is 0 Å². The van der Waals surface area contributed by atoms with Crippen LogP contribution in [0.2, 0.25) is 5.02 Å². The van der Waals surface area contributed by atoms with E-state index in [-0.39, 0.29) is 5.91 Å². The van der Waals surface area contributed by atoms with Gasteiger partial charge >= 0.3 is 5.97 Å². The fourth-order valence-electron chi connectivity index (χ4n) is 3.39. The highest BCUT2D eigenvalue weighted by atomic mass is 35.5. The molecule has 27 heavy (non-hydrogen) atoms. The molecule has 0 unspecified atom stereocenters. The van der Waals surface area contributed by atoms with Gasteiger partial charge in [-0.3, -0.25) is 9.59 Å². The lowest BCUT2D eigenvalue weighted by Gasteiger charge is -2.21. The average Bonchev–Trinajstić information content (AvgIpc) is 3.26. The van der Waals surface area contributed by atoms with Crippen molar-refractivity contribution in [2.75, 3.05) is 5.32 Å². The summed E-state index contributed by atoms with van der Waals surface area (Å²) in [5, 5.41) is 12.8. The Morgan fingerprint density at radius 3 is 2.07 bits per heavy atom. The van der Waals surface area contributed by atoms with E-state index in [1.54, 1.807) is 60.7 Å². The molecule has 0 radical (unpaired) electrons. The summed E-state index contributed by atoms with van der Waals surface area (Å²) < 4.78 is 11.2. The van der Waals surface area contributed by atoms with Gasteiger partial charge in [-0.15, -0.1) is 0 Å². The fraction of sp³-hybridized carbons (Fsp3) is 0.200. The maximum atomic E-state index is 12.6. The molecular formula is C20H16ClNO5. The van der Waals surface area contributed by atoms with Gasteiger partial charge in [0.25, 0.3) is 0 Å². The van der Waals surface area contributed by atoms with Crippen LogP contribution in [0.25, 0.3) is 0 Å². The summed E-state index contributed by atoms with van der Waals surface area (Å²) in [5.74, 6) is -1.77. The van der Waals surface area contributed by atoms with Gasteiger partial charge < -0.3 is 19.9 Å². The molecule has 0 spiro atoms. The van der Waals surface area contributed by atoms with Crippen molar-refractivity contribution < 1.29 is 24.2 Å². The molecule has 1 saturated heterocycles. The minimum atomic E-state index is -1.03. The van der Waals surface area contributed by atoms with Crippen molar-refractivity contribution >= 4 is 29.2 Å². The van der Waals surface area contributed by atoms with E-state index < -0.39 is 30.0 Å². The predicted octanol–water partition coefficient (Wildman–Crippen LogP) is 3.73. The normalized spacial score (nSPS) is 25.4. The average molecular weight is 386 g/mol. The van der Waals surface area contributed by atoms with Gasteiger partial charge in [-0.1, -0.05) is 23.8 Å². The standard InChI is InChI=1S/C20H16ClNO5/c21-11-1-5-13(6-2-11)26-14-7-3-12(4-8-14)22-19(23)17-15-9-10-16(27-15)18(17)20(24)25/h1-10,15-18H,(H,22,23)(H,24,25)/t15-,16-,17+,18-/m0/s1. The summed E-state index contributed by atoms with van der Waals surface area (Å²) in [6, 6.07) is 13.8. The van der Waals surface area contributed by atoms with Gasteiger partial charge in [0.05, 0.1) is 18.1 Å². The molecular weight excluding hydrogens is 370 g/mol. The molecule has 2 heterocycles. The molecule has 2 aromatic carbocycles. The lowest BCUT2D eigenvalue weighted by Crippen LogP contribution is -2.39. The minimum Gasteiger partial charge on any atom is -0.481 e. The first-order valence-corrected chi connectivity index (χ1v) is 8.80. The largest absolute Gasteiger partial charge is 0.481 e. The molecule has 4 atom stereocenters. The summed E-state index contributed by atoms with van der Waals surface area (Å²) in [7, 11) is 0. The molecule has 7 heteroatoms. The third-order valence-electron chi connectivity index (χ3n) is 4.66. The van der Waals surface area contributed by atoms with E-state index in [1.807, 2.05) is 0 Å². The van der Waals surface area contributed by atoms with Gasteiger partial charge in [0, 0.05) is 10.7 Å². The Bertz CT molecular complexity index is 894. The summed E-state index contributed by atoms with van der Waals surface area (Å²) in [6.07, 6.45) is 2.41. The Morgan fingerprint density at radius 1 is 0.926 bits per heavy atom. The van der Waals surface area contributed by atoms with Crippen LogP contribution in [0, 0.1) is 11.8 Å². The van der Waals surface area contributed by atoms with E-state index in [4.69, 9.17) is 21.1 Å². The van der Waals surface area contributed by atoms with Crippen LogP contribution in [0.15, 0.2) is 60.7 Å². The van der Waals surface area contributed by atoms with Crippen molar-refractivity contribution in [3.05, 3.63) is 65.7 Å². The van der Waals surface area contributed by atoms with Gasteiger partial charge in [-0.25, -0.2) is 0 Å². The molecule has 2 aliphatic heterocycles. The van der Waals surface area contributed by atoms with E-state index >= 15 is 0 Å². The molecule has 1 amide bonds. The second-order valence-electron chi connectivity index (χ2n) is 6.41. The topological polar surface area (TPSA) is 84.9 Å². The van der Waals surface area contributed by atoms with Crippen molar-refractivity contribution in [2.24, 2.45) is 11.8 Å². The zero-order chi connectivity index (χ0) is 19.0. The van der Waals surface area contributed by atoms with Gasteiger partial charge in [0.1, 0.15) is 17.4 Å². The number of carbonyl (C=O) groups excluding carboxylic acids is 1. The Kier molecular flexibility index (Phi) is 4.59. The molecule has 2 N–H and O–H groups in total. The molecule has 2 bridgehead atoms. The first kappa shape index (κ1) is 17.6. The molecule has 138 valence electrons. The number of hydrogen-bond acceptors (Lipinski definition) is 4. The third-order valence-corrected chi connectivity index (χ3v) is 4.91. The number of benzene rings is 2. The summed E-state index contributed by atoms with van der Waals surface area (Å²) in [4.78, 5) is 24.1. The number of anilines is 1. The highest BCUT2D eigenvalue weighted by Crippen LogP contribution is 2.40. The van der Waals surface area contributed by atoms with Gasteiger partial charge in [0.2, 0.25) is 5.91 Å². The number of carboxylic acids is 1. The Hall–Kier alpha value is -2.83. The molecule has 2 aromatic rings. The number of nitrogens with one attached hydrogen (secondary N) is 1. The van der Waals surface area contributed by atoms with Crippen molar-refractivity contribution in [3.63, 3.8) is 0 Å². The van der Waals surface area contributed by atoms with Crippen molar-refractivity contribution in [3.8, 4) is 11.5 Å². The highest BCUT2D eigenvalue weighted by molar-refractivity contribution is 6.30. The number of ether oxygens (including phenoxy) is 2. The quantitative estimate of drug-likeness (QED) is 0.766. The number of carbonyl (C=O) groups is 2. The number of hydrogen-bond donors (Lipinski definition) is 2. The monoisotopic (exact) mass is 385 g/mol. The zero-order valence-electron chi connectivity index (χ0n) is 14.0. The van der Waals surface area contributed by atoms with Crippen LogP contribution in [0.5, 0.6) is 11.5 Å². The second-order valence-corrected chi connectivity index (χ2v) is 6.85. The van der Waals surface area contributed by atoms with Crippen LogP contribution in [-0.2, 0) is 14.3 Å². The lowest BCUT2D eigenvalue weighted by atomic mass is 9.82. The predicted molar refractivity (Wildman–Crippen MR) is 99.0 cm³/mol. The molecule has 4 rings (SSSR count). The van der Waals surface area contributed by atoms with E-state index in [2.05, 4.69) is 5.32 Å². The lowest BCUT2D eigenvalue weighted by molar-refractivity contribution is -0.145. The minimum absolute atomic E-state index is 0.370. The van der Waals surface area contributed by atoms with E-state index in [1.165, 1.54) is 0 Å². The van der Waals surface area contributed by atoms with Crippen molar-refractivity contribution in [1.29, 1.82) is 0 Å². The summed E-state index contributed by atoms with van der Waals surface area (Å²) in [6.45, 7) is 0. The zero-order valence-corrected chi connectivity index (χ0v) is 14.8. The first-order chi connectivity index (χ1) is 13.0. The van der Waals surface area contributed by atoms with Gasteiger partial charge in [0.15, 0.2) is 0 Å². The Balaban J connectivity index is 1.42. The van der Waals surface area contributed by atoms with Crippen LogP contribution >= 0.6 is 11.6 Å². The van der Waals surface area contributed by atoms with Crippen molar-refractivity contribution in [2.45, 2.75) is 12.2 Å². The molecule has 1 fully saturated rings. The number of fused-ring (bicyclic) bond motifs is 2. The molecule has 0 aromatic heterocycles. The third kappa shape index (κ3) is 3.54. The first-order valence-electron chi connectivity index (χ1n) is 8.42. The van der Waals surface area contributed by atoms with Crippen LogP contribution in [-0.4, -0.2) is 29.2 Å². The number of halogens is 1. The molecule has 0 saturated carbocycles. The van der Waals surface area contributed by atoms with E-state index in [0.29, 0.717) is 22.2 Å². The highest BCUT2D eigenvalue weighted by Gasteiger charge is 2.53. The second kappa shape index (κ2) is 7.06. The maximum absolute atomic E-state index is 12.6. The van der Waals surface area contributed by atoms with Crippen LogP contribution in [0.1, 0.15) is 0 Å². The van der Waals surface area contributed by atoms with E-state index in [0.717, 1.165) is 0 Å². The molecule has 0 aliphatic carbocycles. The van der Waals surface area contributed by atoms with Crippen LogP contribution in [0.4, 0.5) is 5.69 Å². The number of aliphatic carboxylic acids is 1. The fourth-order valence-corrected chi connectivity index (χ4v) is 3.51. The molecule has 2 aliphatic rings. The SMILES string of the molecule is O=C(O)[C@@H]1[C@H](C(=O)Nc2ccc(Oc3ccc(Cl)cc3)cc2)[C@@H]2C=C[C@@H]1O2. The summed E-state index contributed by atoms with van der Waals surface area (Å²) >= 11 is 5.85. The van der Waals surface area contributed by atoms with Crippen LogP contribution < -0.4 is 10.1 Å². The molecule has 6 nitrogen and oxygen atoms in total. The number of amides is 1. The van der Waals surface area contributed by atoms with Crippen molar-refractivity contribution in [1.82, 2.24) is 0 Å². The number of carboxylic acid groups (broad SMARTS) is 1. The van der Waals surface area contributed by atoms with E-state index in [9.17, 15) is 14.7 Å². The maximum Gasteiger partial charge on any atom is 0.310 e. The summed E-state index contributed by atoms with van der Waals surface area (Å²) in [5.41, 5.74) is 0.555. The number of rotatable bonds is 5. The Labute approximate surface area is 160 Å². The van der Waals surface area contributed by atoms with Gasteiger partial charge in [-0.05, 0) is 48.5 Å². The smallest absolute Gasteiger partial charge is 0.310 e.